The van der Waals surface area contributed by atoms with Crippen molar-refractivity contribution in [2.75, 3.05) is 4.90 Å². The van der Waals surface area contributed by atoms with Gasteiger partial charge in [-0.25, -0.2) is 19.4 Å². The molecule has 0 saturated carbocycles. The predicted octanol–water partition coefficient (Wildman–Crippen LogP) is 17.6. The molecule has 86 heavy (non-hydrogen) atoms. The Labute approximate surface area is 502 Å². The van der Waals surface area contributed by atoms with Gasteiger partial charge in [0.1, 0.15) is 0 Å². The molecule has 0 aliphatic carbocycles. The lowest BCUT2D eigenvalue weighted by Crippen LogP contribution is -2.09. The zero-order valence-electron chi connectivity index (χ0n) is 46.4. The molecule has 0 bridgehead atoms. The summed E-state index contributed by atoms with van der Waals surface area (Å²) in [5.41, 5.74) is 11.8. The van der Waals surface area contributed by atoms with E-state index < -0.39 is 46.7 Å². The van der Waals surface area contributed by atoms with Crippen molar-refractivity contribution in [3.8, 4) is 10.4 Å². The molecular formula is C72H53N5O8S. The number of hydrogen-bond donors (Lipinski definition) is 4. The van der Waals surface area contributed by atoms with Crippen molar-refractivity contribution in [2.45, 2.75) is 39.0 Å². The van der Waals surface area contributed by atoms with Gasteiger partial charge in [-0.05, 0) is 175 Å². The minimum atomic E-state index is -1.33. The standard InChI is InChI=1S/C72H53N5O8S/c1-6-7-8-9-10-57-39-40-86-68(57)58-31-37-61(38-32-58)77(59-33-19-47(20-34-59)41-62(53-23-11-49(12-24-53)43-64(73-2)69(78)79)54-25-13-50(14-26-54)44-65(74-3)70(80)81)60-35-21-48(22-36-60)42-63(55-27-15-51(16-28-55)45-66(75-4)71(82)83)56-29-17-52(18-30-56)46-67(76-5)72(84)85/h11-46H,6-10H2,1H3,(H,78,79)(H,80,81)(H,82,83)(H,84,85)/b64-43-,65-44-,66-45-,67-46-. The van der Waals surface area contributed by atoms with Crippen LogP contribution in [0.2, 0.25) is 0 Å². The number of aryl methyl sites for hydroxylation is 1. The van der Waals surface area contributed by atoms with E-state index in [1.165, 1.54) is 54.0 Å². The monoisotopic (exact) mass is 1150 g/mol. The molecule has 0 amide bonds. The van der Waals surface area contributed by atoms with Gasteiger partial charge in [0, 0.05) is 21.9 Å². The van der Waals surface area contributed by atoms with Crippen molar-refractivity contribution in [2.24, 2.45) is 0 Å². The van der Waals surface area contributed by atoms with E-state index >= 15 is 0 Å². The second kappa shape index (κ2) is 28.8. The molecule has 8 aromatic rings. The molecule has 7 aromatic carbocycles. The third-order valence-electron chi connectivity index (χ3n) is 13.8. The lowest BCUT2D eigenvalue weighted by molar-refractivity contribution is -0.133. The van der Waals surface area contributed by atoms with Crippen molar-refractivity contribution in [3.05, 3.63) is 311 Å². The van der Waals surface area contributed by atoms with Crippen LogP contribution in [-0.4, -0.2) is 44.3 Å². The molecule has 0 spiro atoms. The topological polar surface area (TPSA) is 170 Å². The Morgan fingerprint density at radius 3 is 0.977 bits per heavy atom. The summed E-state index contributed by atoms with van der Waals surface area (Å²) in [6.45, 7) is 31.5. The first-order valence-electron chi connectivity index (χ1n) is 27.0. The maximum atomic E-state index is 11.6. The first-order chi connectivity index (χ1) is 41.7. The third-order valence-corrected chi connectivity index (χ3v) is 14.8. The van der Waals surface area contributed by atoms with Gasteiger partial charge in [0.25, 0.3) is 22.8 Å². The van der Waals surface area contributed by atoms with Gasteiger partial charge in [-0.15, -0.1) is 11.3 Å². The van der Waals surface area contributed by atoms with Crippen molar-refractivity contribution in [1.82, 2.24) is 0 Å². The molecule has 0 fully saturated rings. The number of aliphatic carboxylic acids is 4. The van der Waals surface area contributed by atoms with Crippen LogP contribution in [0.15, 0.2) is 204 Å². The largest absolute Gasteiger partial charge is 0.486 e. The highest BCUT2D eigenvalue weighted by Crippen LogP contribution is 2.39. The maximum absolute atomic E-state index is 11.6. The van der Waals surface area contributed by atoms with Gasteiger partial charge in [0.15, 0.2) is 0 Å². The van der Waals surface area contributed by atoms with Crippen LogP contribution in [-0.2, 0) is 25.6 Å². The molecule has 420 valence electrons. The smallest absolute Gasteiger partial charge is 0.333 e. The molecule has 0 saturated heterocycles. The molecular weight excluding hydrogens is 1090 g/mol. The summed E-state index contributed by atoms with van der Waals surface area (Å²) in [4.78, 5) is 62.5. The normalized spacial score (nSPS) is 11.5. The highest BCUT2D eigenvalue weighted by molar-refractivity contribution is 7.13. The molecule has 13 nitrogen and oxygen atoms in total. The quantitative estimate of drug-likeness (QED) is 0.0211. The molecule has 0 aliphatic heterocycles. The van der Waals surface area contributed by atoms with Crippen LogP contribution in [0.25, 0.3) is 77.4 Å². The Balaban J connectivity index is 1.21. The van der Waals surface area contributed by atoms with Gasteiger partial charge in [-0.1, -0.05) is 160 Å². The third kappa shape index (κ3) is 15.4. The summed E-state index contributed by atoms with van der Waals surface area (Å²) in [5, 5.41) is 40.1. The lowest BCUT2D eigenvalue weighted by atomic mass is 9.94. The molecule has 8 rings (SSSR count). The van der Waals surface area contributed by atoms with Crippen molar-refractivity contribution < 1.29 is 39.6 Å². The Morgan fingerprint density at radius 2 is 0.686 bits per heavy atom. The van der Waals surface area contributed by atoms with Crippen LogP contribution < -0.4 is 4.90 Å². The number of anilines is 3. The van der Waals surface area contributed by atoms with Gasteiger partial charge in [0.05, 0.1) is 26.3 Å². The highest BCUT2D eigenvalue weighted by atomic mass is 32.1. The van der Waals surface area contributed by atoms with Gasteiger partial charge < -0.3 is 25.3 Å². The minimum absolute atomic E-state index is 0.424. The lowest BCUT2D eigenvalue weighted by Gasteiger charge is -2.26. The Bertz CT molecular complexity index is 3800. The number of benzene rings is 7. The Kier molecular flexibility index (Phi) is 20.3. The number of nitrogens with zero attached hydrogens (tertiary/aromatic N) is 5. The second-order valence-corrected chi connectivity index (χ2v) is 20.5. The van der Waals surface area contributed by atoms with Crippen LogP contribution in [0.3, 0.4) is 0 Å². The molecule has 0 unspecified atom stereocenters. The second-order valence-electron chi connectivity index (χ2n) is 19.5. The van der Waals surface area contributed by atoms with Crippen LogP contribution in [0.1, 0.15) is 93.8 Å². The summed E-state index contributed by atoms with van der Waals surface area (Å²) in [7, 11) is 0. The van der Waals surface area contributed by atoms with E-state index in [0.717, 1.165) is 80.0 Å². The van der Waals surface area contributed by atoms with Gasteiger partial charge in [-0.2, -0.15) is 0 Å². The van der Waals surface area contributed by atoms with E-state index in [1.54, 1.807) is 59.9 Å². The van der Waals surface area contributed by atoms with Crippen molar-refractivity contribution in [3.63, 3.8) is 0 Å². The average Bonchev–Trinajstić information content (AvgIpc) is 2.82. The van der Waals surface area contributed by atoms with E-state index in [-0.39, 0.29) is 0 Å². The Morgan fingerprint density at radius 1 is 0.395 bits per heavy atom. The fraction of sp³-hybridized carbons (Fsp3) is 0.0833. The van der Waals surface area contributed by atoms with Crippen molar-refractivity contribution in [1.29, 1.82) is 0 Å². The van der Waals surface area contributed by atoms with E-state index in [1.807, 2.05) is 109 Å². The molecule has 1 heterocycles. The van der Waals surface area contributed by atoms with E-state index in [4.69, 9.17) is 26.3 Å². The number of unbranched alkanes of at least 4 members (excludes halogenated alkanes) is 3. The predicted molar refractivity (Wildman–Crippen MR) is 341 cm³/mol. The minimum Gasteiger partial charge on any atom is -0.486 e. The SMILES string of the molecule is [C-]#[N+]/C(=C\c1ccc(C(=Cc2ccc(N(c3ccc(C=C(c4ccc(/C=C(\[N+]#[C-])C(=O)O)cc4)c4ccc(/C=C(\[N+]#[C-])C(=O)O)cc4)cc3)c3ccc(-c4sccc4CCCCCC)cc3)cc2)c2ccc(/C=C(\[N+]#[C-])C(=O)O)cc2)cc1)C(=O)O. The number of rotatable bonds is 23. The number of hydrogen-bond acceptors (Lipinski definition) is 6. The zero-order valence-corrected chi connectivity index (χ0v) is 47.2. The van der Waals surface area contributed by atoms with Crippen LogP contribution in [0.5, 0.6) is 0 Å². The van der Waals surface area contributed by atoms with E-state index in [0.29, 0.717) is 22.3 Å². The highest BCUT2D eigenvalue weighted by Gasteiger charge is 2.17. The number of thiophene rings is 1. The summed E-state index contributed by atoms with van der Waals surface area (Å²) in [6, 6.07) is 55.4. The van der Waals surface area contributed by atoms with Crippen molar-refractivity contribution >= 4 is 99.9 Å². The summed E-state index contributed by atoms with van der Waals surface area (Å²) < 4.78 is 0. The van der Waals surface area contributed by atoms with Gasteiger partial charge >= 0.3 is 23.9 Å². The molecule has 4 N–H and O–H groups in total. The zero-order chi connectivity index (χ0) is 61.1. The maximum Gasteiger partial charge on any atom is 0.333 e. The van der Waals surface area contributed by atoms with Gasteiger partial charge in [-0.3, -0.25) is 19.2 Å². The number of carboxylic acids is 4. The first kappa shape index (κ1) is 60.4. The number of carbonyl (C=O) groups is 4. The van der Waals surface area contributed by atoms with Crippen LogP contribution in [0.4, 0.5) is 17.1 Å². The van der Waals surface area contributed by atoms with Crippen LogP contribution >= 0.6 is 11.3 Å². The average molecular weight is 1150 g/mol. The van der Waals surface area contributed by atoms with E-state index in [2.05, 4.69) is 66.9 Å². The first-order valence-corrected chi connectivity index (χ1v) is 27.9. The fourth-order valence-corrected chi connectivity index (χ4v) is 10.4. The van der Waals surface area contributed by atoms with Crippen LogP contribution in [0, 0.1) is 26.3 Å². The number of carboxylic acid groups (broad SMARTS) is 4. The van der Waals surface area contributed by atoms with Gasteiger partial charge in [0.2, 0.25) is 0 Å². The van der Waals surface area contributed by atoms with E-state index in [9.17, 15) is 39.6 Å². The summed E-state index contributed by atoms with van der Waals surface area (Å²) >= 11 is 1.74. The summed E-state index contributed by atoms with van der Waals surface area (Å²) in [5.74, 6) is -5.32. The molecule has 0 aliphatic rings. The Hall–Kier alpha value is -11.7. The molecule has 0 radical (unpaired) electrons. The fourth-order valence-electron chi connectivity index (χ4n) is 9.41. The molecule has 0 atom stereocenters. The molecule has 1 aromatic heterocycles. The molecule has 14 heteroatoms. The summed E-state index contributed by atoms with van der Waals surface area (Å²) in [6.07, 6.45) is 14.9.